The van der Waals surface area contributed by atoms with Gasteiger partial charge in [0.1, 0.15) is 5.69 Å². The summed E-state index contributed by atoms with van der Waals surface area (Å²) < 4.78 is 111. The van der Waals surface area contributed by atoms with Crippen molar-refractivity contribution in [1.29, 1.82) is 0 Å². The van der Waals surface area contributed by atoms with E-state index in [0.29, 0.717) is 17.4 Å². The zero-order chi connectivity index (χ0) is 27.7. The first-order valence-corrected chi connectivity index (χ1v) is 11.1. The molecule has 0 atom stereocenters. The van der Waals surface area contributed by atoms with Crippen molar-refractivity contribution >= 4 is 17.2 Å². The topological polar surface area (TPSA) is 77.1 Å². The minimum Gasteiger partial charge on any atom is -0.317 e. The number of carbonyl (C=O) groups is 1. The quantitative estimate of drug-likeness (QED) is 0.207. The highest BCUT2D eigenvalue weighted by atomic mass is 19.4. The zero-order valence-corrected chi connectivity index (χ0v) is 19.5. The summed E-state index contributed by atoms with van der Waals surface area (Å²) in [6, 6.07) is 1.98. The molecule has 3 aromatic heterocycles. The van der Waals surface area contributed by atoms with Crippen LogP contribution in [0.25, 0.3) is 5.65 Å². The molecule has 1 aliphatic rings. The number of rotatable bonds is 5. The van der Waals surface area contributed by atoms with Crippen LogP contribution in [0.4, 0.5) is 40.8 Å². The maximum absolute atomic E-state index is 14.1. The summed E-state index contributed by atoms with van der Waals surface area (Å²) in [6.45, 7) is 1.90. The summed E-state index contributed by atoms with van der Waals surface area (Å²) >= 11 is 0. The van der Waals surface area contributed by atoms with Crippen molar-refractivity contribution in [2.24, 2.45) is 0 Å². The van der Waals surface area contributed by atoms with E-state index >= 15 is 0 Å². The fourth-order valence-electron chi connectivity index (χ4n) is 4.04. The van der Waals surface area contributed by atoms with E-state index in [1.807, 2.05) is 0 Å². The van der Waals surface area contributed by atoms with Crippen LogP contribution in [0.2, 0.25) is 0 Å². The molecule has 5 rings (SSSR count). The monoisotopic (exact) mass is 544 g/mol. The van der Waals surface area contributed by atoms with Gasteiger partial charge in [0.2, 0.25) is 5.82 Å². The molecular weight excluding hydrogens is 528 g/mol. The Balaban J connectivity index is 1.46. The number of fused-ring (bicyclic) bond motifs is 1. The number of aromatic nitrogens is 5. The highest BCUT2D eigenvalue weighted by Gasteiger charge is 2.37. The van der Waals surface area contributed by atoms with E-state index in [1.165, 1.54) is 13.8 Å². The molecule has 0 spiro atoms. The Morgan fingerprint density at radius 1 is 0.974 bits per heavy atom. The lowest BCUT2D eigenvalue weighted by molar-refractivity contribution is -0.142. The van der Waals surface area contributed by atoms with Gasteiger partial charge in [0.25, 0.3) is 5.91 Å². The van der Waals surface area contributed by atoms with E-state index in [1.54, 1.807) is 0 Å². The van der Waals surface area contributed by atoms with E-state index in [0.717, 1.165) is 16.8 Å². The summed E-state index contributed by atoms with van der Waals surface area (Å²) in [6.07, 6.45) is -3.35. The molecular formula is C23H16F8N6O. The third-order valence-electron chi connectivity index (χ3n) is 6.19. The fraction of sp³-hybridized carbons (Fsp3) is 0.304. The Hall–Kier alpha value is -4.04. The van der Waals surface area contributed by atoms with Crippen LogP contribution >= 0.6 is 0 Å². The van der Waals surface area contributed by atoms with Gasteiger partial charge in [-0.2, -0.15) is 23.4 Å². The number of hydrogen-bond acceptors (Lipinski definition) is 4. The van der Waals surface area contributed by atoms with E-state index in [-0.39, 0.29) is 34.3 Å². The molecule has 200 valence electrons. The number of aryl methyl sites for hydroxylation is 1. The predicted molar refractivity (Wildman–Crippen MR) is 115 cm³/mol. The van der Waals surface area contributed by atoms with Gasteiger partial charge >= 0.3 is 6.18 Å². The Bertz CT molecular complexity index is 1590. The predicted octanol–water partition coefficient (Wildman–Crippen LogP) is 5.43. The Morgan fingerprint density at radius 3 is 2.16 bits per heavy atom. The molecule has 1 saturated carbocycles. The largest absolute Gasteiger partial charge is 0.433 e. The van der Waals surface area contributed by atoms with Gasteiger partial charge in [0, 0.05) is 17.7 Å². The number of anilines is 1. The van der Waals surface area contributed by atoms with Crippen LogP contribution in [0.15, 0.2) is 12.1 Å². The van der Waals surface area contributed by atoms with Gasteiger partial charge in [-0.05, 0) is 32.8 Å². The molecule has 0 unspecified atom stereocenters. The van der Waals surface area contributed by atoms with Crippen molar-refractivity contribution in [2.45, 2.75) is 45.3 Å². The first-order chi connectivity index (χ1) is 17.8. The molecule has 7 nitrogen and oxygen atoms in total. The minimum atomic E-state index is -4.76. The molecule has 0 bridgehead atoms. The lowest BCUT2D eigenvalue weighted by Gasteiger charge is -2.10. The summed E-state index contributed by atoms with van der Waals surface area (Å²) in [5.41, 5.74) is -2.36. The SMILES string of the molecule is Cc1nn(Cc2c(F)c(F)c(F)c(F)c2F)c(C)c1NC(=O)c1cc2nc(C3CC3)cc(C(F)(F)F)n2n1. The van der Waals surface area contributed by atoms with Crippen LogP contribution < -0.4 is 5.32 Å². The minimum absolute atomic E-state index is 0.0126. The number of nitrogens with one attached hydrogen (secondary N) is 1. The van der Waals surface area contributed by atoms with Gasteiger partial charge in [0.05, 0.1) is 29.2 Å². The maximum Gasteiger partial charge on any atom is 0.433 e. The van der Waals surface area contributed by atoms with Crippen molar-refractivity contribution in [3.05, 3.63) is 75.3 Å². The van der Waals surface area contributed by atoms with E-state index in [4.69, 9.17) is 0 Å². The van der Waals surface area contributed by atoms with Gasteiger partial charge in [-0.25, -0.2) is 31.5 Å². The van der Waals surface area contributed by atoms with Crippen molar-refractivity contribution in [1.82, 2.24) is 24.4 Å². The van der Waals surface area contributed by atoms with Crippen LogP contribution in [0.3, 0.4) is 0 Å². The third kappa shape index (κ3) is 4.24. The molecule has 1 aromatic carbocycles. The molecule has 1 fully saturated rings. The van der Waals surface area contributed by atoms with Crippen LogP contribution in [0, 0.1) is 42.9 Å². The average molecular weight is 544 g/mol. The molecule has 1 N–H and O–H groups in total. The van der Waals surface area contributed by atoms with E-state index in [2.05, 4.69) is 20.5 Å². The summed E-state index contributed by atoms with van der Waals surface area (Å²) in [7, 11) is 0. The standard InChI is InChI=1S/C23H16F8N6O/c1-8-21(9(2)36(34-8)7-11-16(24)18(26)20(28)19(27)17(11)25)33-22(38)13-6-15-32-12(10-3-4-10)5-14(23(29,30)31)37(15)35-13/h5-6,10H,3-4,7H2,1-2H3,(H,33,38). The summed E-state index contributed by atoms with van der Waals surface area (Å²) in [5.74, 6) is -11.6. The molecule has 3 heterocycles. The second-order valence-electron chi connectivity index (χ2n) is 8.84. The number of benzene rings is 1. The molecule has 1 aliphatic carbocycles. The average Bonchev–Trinajstić information content (AvgIpc) is 3.57. The van der Waals surface area contributed by atoms with Crippen LogP contribution in [-0.4, -0.2) is 30.3 Å². The van der Waals surface area contributed by atoms with Gasteiger partial charge in [-0.1, -0.05) is 0 Å². The van der Waals surface area contributed by atoms with Gasteiger partial charge < -0.3 is 5.32 Å². The zero-order valence-electron chi connectivity index (χ0n) is 19.5. The van der Waals surface area contributed by atoms with Gasteiger partial charge in [-0.15, -0.1) is 0 Å². The van der Waals surface area contributed by atoms with Crippen LogP contribution in [-0.2, 0) is 12.7 Å². The molecule has 4 aromatic rings. The molecule has 38 heavy (non-hydrogen) atoms. The Morgan fingerprint density at radius 2 is 1.58 bits per heavy atom. The lowest BCUT2D eigenvalue weighted by Crippen LogP contribution is -2.16. The number of carbonyl (C=O) groups excluding carboxylic acids is 1. The summed E-state index contributed by atoms with van der Waals surface area (Å²) in [5, 5.41) is 10.2. The third-order valence-corrected chi connectivity index (χ3v) is 6.19. The van der Waals surface area contributed by atoms with Gasteiger partial charge in [0.15, 0.2) is 34.6 Å². The van der Waals surface area contributed by atoms with Gasteiger partial charge in [-0.3, -0.25) is 9.48 Å². The highest BCUT2D eigenvalue weighted by Crippen LogP contribution is 2.41. The molecule has 0 saturated heterocycles. The maximum atomic E-state index is 14.1. The number of hydrogen-bond donors (Lipinski definition) is 1. The first kappa shape index (κ1) is 25.6. The van der Waals surface area contributed by atoms with E-state index in [9.17, 15) is 39.9 Å². The Labute approximate surface area is 208 Å². The smallest absolute Gasteiger partial charge is 0.317 e. The number of halogens is 8. The molecule has 15 heteroatoms. The number of alkyl halides is 3. The fourth-order valence-corrected chi connectivity index (χ4v) is 4.04. The second-order valence-corrected chi connectivity index (χ2v) is 8.84. The lowest BCUT2D eigenvalue weighted by atomic mass is 10.1. The first-order valence-electron chi connectivity index (χ1n) is 11.1. The second kappa shape index (κ2) is 8.77. The number of nitrogens with zero attached hydrogens (tertiary/aromatic N) is 5. The Kier molecular flexibility index (Phi) is 5.91. The summed E-state index contributed by atoms with van der Waals surface area (Å²) in [4.78, 5) is 17.1. The number of amides is 1. The van der Waals surface area contributed by atoms with Crippen LogP contribution in [0.5, 0.6) is 0 Å². The molecule has 0 aliphatic heterocycles. The normalized spacial score (nSPS) is 13.9. The van der Waals surface area contributed by atoms with Crippen LogP contribution in [0.1, 0.15) is 57.6 Å². The van der Waals surface area contributed by atoms with E-state index < -0.39 is 64.7 Å². The van der Waals surface area contributed by atoms with Crippen molar-refractivity contribution in [3.8, 4) is 0 Å². The van der Waals surface area contributed by atoms with Crippen molar-refractivity contribution in [2.75, 3.05) is 5.32 Å². The molecule has 0 radical (unpaired) electrons. The van der Waals surface area contributed by atoms with Crippen molar-refractivity contribution in [3.63, 3.8) is 0 Å². The molecule has 1 amide bonds. The van der Waals surface area contributed by atoms with Crippen molar-refractivity contribution < 1.29 is 39.9 Å². The highest BCUT2D eigenvalue weighted by molar-refractivity contribution is 6.04.